The number of hydrogen-bond donors (Lipinski definition) is 2. The normalized spacial score (nSPS) is 18.1. The van der Waals surface area contributed by atoms with Crippen LogP contribution in [0.4, 0.5) is 10.5 Å². The predicted octanol–water partition coefficient (Wildman–Crippen LogP) is 4.52. The highest BCUT2D eigenvalue weighted by molar-refractivity contribution is 9.10. The Balaban J connectivity index is 1.53. The Bertz CT molecular complexity index is 1170. The van der Waals surface area contributed by atoms with Gasteiger partial charge in [0.15, 0.2) is 0 Å². The molecule has 0 saturated carbocycles. The van der Waals surface area contributed by atoms with Crippen molar-refractivity contribution in [2.45, 2.75) is 12.5 Å². The molecule has 4 rings (SSSR count). The first-order chi connectivity index (χ1) is 14.9. The van der Waals surface area contributed by atoms with Crippen molar-refractivity contribution in [3.8, 4) is 11.1 Å². The minimum Gasteiger partial charge on any atom is -0.324 e. The molecule has 0 bridgehead atoms. The van der Waals surface area contributed by atoms with E-state index in [1.165, 1.54) is 0 Å². The summed E-state index contributed by atoms with van der Waals surface area (Å²) in [5, 5.41) is 5.55. The third-order valence-electron chi connectivity index (χ3n) is 5.26. The number of amides is 4. The van der Waals surface area contributed by atoms with Gasteiger partial charge in [-0.05, 0) is 36.2 Å². The van der Waals surface area contributed by atoms with Crippen molar-refractivity contribution in [2.75, 3.05) is 11.9 Å². The lowest BCUT2D eigenvalue weighted by Gasteiger charge is -2.22. The number of urea groups is 1. The number of rotatable bonds is 5. The third kappa shape index (κ3) is 4.09. The highest BCUT2D eigenvalue weighted by Crippen LogP contribution is 2.31. The molecule has 1 fully saturated rings. The fraction of sp³-hybridized carbons (Fsp3) is 0.125. The molecule has 0 unspecified atom stereocenters. The smallest absolute Gasteiger partial charge is 0.324 e. The van der Waals surface area contributed by atoms with Crippen LogP contribution in [0, 0.1) is 0 Å². The van der Waals surface area contributed by atoms with Crippen molar-refractivity contribution in [3.63, 3.8) is 0 Å². The quantitative estimate of drug-likeness (QED) is 0.530. The van der Waals surface area contributed by atoms with E-state index in [2.05, 4.69) is 26.6 Å². The van der Waals surface area contributed by atoms with E-state index < -0.39 is 23.4 Å². The lowest BCUT2D eigenvalue weighted by molar-refractivity contribution is -0.133. The molecular formula is C24H20BrN3O3. The van der Waals surface area contributed by atoms with Crippen molar-refractivity contribution in [3.05, 3.63) is 88.9 Å². The summed E-state index contributed by atoms with van der Waals surface area (Å²) in [5.74, 6) is -0.924. The van der Waals surface area contributed by atoms with Crippen LogP contribution in [0.3, 0.4) is 0 Å². The van der Waals surface area contributed by atoms with E-state index in [0.717, 1.165) is 20.5 Å². The highest BCUT2D eigenvalue weighted by atomic mass is 79.9. The fourth-order valence-electron chi connectivity index (χ4n) is 3.63. The molecule has 0 spiro atoms. The van der Waals surface area contributed by atoms with Crippen LogP contribution in [-0.4, -0.2) is 29.3 Å². The van der Waals surface area contributed by atoms with Gasteiger partial charge in [-0.2, -0.15) is 0 Å². The molecule has 1 saturated heterocycles. The molecule has 0 aliphatic carbocycles. The Labute approximate surface area is 188 Å². The second kappa shape index (κ2) is 8.35. The zero-order valence-electron chi connectivity index (χ0n) is 16.8. The van der Waals surface area contributed by atoms with Gasteiger partial charge in [-0.15, -0.1) is 0 Å². The van der Waals surface area contributed by atoms with Crippen LogP contribution >= 0.6 is 15.9 Å². The molecule has 1 heterocycles. The summed E-state index contributed by atoms with van der Waals surface area (Å²) in [4.78, 5) is 39.3. The number of carbonyl (C=O) groups is 3. The SMILES string of the molecule is C[C@]1(c2cccc(Br)c2)NC(=O)N(CC(=O)Nc2ccccc2-c2ccccc2)C1=O. The Morgan fingerprint density at radius 3 is 2.45 bits per heavy atom. The predicted molar refractivity (Wildman–Crippen MR) is 122 cm³/mol. The van der Waals surface area contributed by atoms with Crippen molar-refractivity contribution < 1.29 is 14.4 Å². The minimum absolute atomic E-state index is 0.378. The second-order valence-corrected chi connectivity index (χ2v) is 8.33. The molecule has 0 aromatic heterocycles. The topological polar surface area (TPSA) is 78.5 Å². The van der Waals surface area contributed by atoms with Crippen molar-refractivity contribution in [1.82, 2.24) is 10.2 Å². The highest BCUT2D eigenvalue weighted by Gasteiger charge is 2.49. The summed E-state index contributed by atoms with van der Waals surface area (Å²) in [6.45, 7) is 1.26. The van der Waals surface area contributed by atoms with E-state index in [-0.39, 0.29) is 6.54 Å². The van der Waals surface area contributed by atoms with Crippen LogP contribution < -0.4 is 10.6 Å². The number of carbonyl (C=O) groups excluding carboxylic acids is 3. The van der Waals surface area contributed by atoms with Gasteiger partial charge < -0.3 is 10.6 Å². The second-order valence-electron chi connectivity index (χ2n) is 7.42. The number of nitrogens with zero attached hydrogens (tertiary/aromatic N) is 1. The largest absolute Gasteiger partial charge is 0.325 e. The molecule has 1 aliphatic rings. The molecule has 31 heavy (non-hydrogen) atoms. The van der Waals surface area contributed by atoms with E-state index >= 15 is 0 Å². The lowest BCUT2D eigenvalue weighted by atomic mass is 9.92. The summed E-state index contributed by atoms with van der Waals surface area (Å²) in [5.41, 5.74) is 1.82. The number of halogens is 1. The van der Waals surface area contributed by atoms with Gasteiger partial charge in [0, 0.05) is 15.7 Å². The number of hydrogen-bond acceptors (Lipinski definition) is 3. The lowest BCUT2D eigenvalue weighted by Crippen LogP contribution is -2.42. The fourth-order valence-corrected chi connectivity index (χ4v) is 4.03. The Kier molecular flexibility index (Phi) is 5.61. The molecule has 1 aliphatic heterocycles. The summed E-state index contributed by atoms with van der Waals surface area (Å²) < 4.78 is 0.794. The number of anilines is 1. The first-order valence-electron chi connectivity index (χ1n) is 9.73. The third-order valence-corrected chi connectivity index (χ3v) is 5.76. The summed E-state index contributed by atoms with van der Waals surface area (Å²) >= 11 is 3.39. The number of para-hydroxylation sites is 1. The molecule has 1 atom stereocenters. The van der Waals surface area contributed by atoms with Crippen LogP contribution in [0.5, 0.6) is 0 Å². The van der Waals surface area contributed by atoms with Gasteiger partial charge in [0.05, 0.1) is 0 Å². The molecule has 156 valence electrons. The molecule has 4 amide bonds. The van der Waals surface area contributed by atoms with Crippen LogP contribution in [0.15, 0.2) is 83.3 Å². The molecule has 3 aromatic rings. The van der Waals surface area contributed by atoms with Crippen LogP contribution in [-0.2, 0) is 15.1 Å². The van der Waals surface area contributed by atoms with Gasteiger partial charge in [0.1, 0.15) is 12.1 Å². The van der Waals surface area contributed by atoms with Gasteiger partial charge in [-0.1, -0.05) is 76.6 Å². The van der Waals surface area contributed by atoms with Crippen LogP contribution in [0.2, 0.25) is 0 Å². The Morgan fingerprint density at radius 1 is 1.00 bits per heavy atom. The molecule has 2 N–H and O–H groups in total. The maximum Gasteiger partial charge on any atom is 0.325 e. The van der Waals surface area contributed by atoms with Crippen LogP contribution in [0.1, 0.15) is 12.5 Å². The van der Waals surface area contributed by atoms with Crippen molar-refractivity contribution >= 4 is 39.5 Å². The summed E-state index contributed by atoms with van der Waals surface area (Å²) in [7, 11) is 0. The van der Waals surface area contributed by atoms with Crippen LogP contribution in [0.25, 0.3) is 11.1 Å². The standard InChI is InChI=1S/C24H20BrN3O3/c1-24(17-10-7-11-18(25)14-17)22(30)28(23(31)27-24)15-21(29)26-20-13-6-5-12-19(20)16-8-3-2-4-9-16/h2-14H,15H2,1H3,(H,26,29)(H,27,31)/t24-/m1/s1. The Hall–Kier alpha value is -3.45. The van der Waals surface area contributed by atoms with E-state index in [4.69, 9.17) is 0 Å². The number of nitrogens with one attached hydrogen (secondary N) is 2. The van der Waals surface area contributed by atoms with Crippen molar-refractivity contribution in [2.24, 2.45) is 0 Å². The summed E-state index contributed by atoms with van der Waals surface area (Å²) in [6, 6.07) is 23.6. The summed E-state index contributed by atoms with van der Waals surface area (Å²) in [6.07, 6.45) is 0. The van der Waals surface area contributed by atoms with Gasteiger partial charge >= 0.3 is 6.03 Å². The average Bonchev–Trinajstić information content (AvgIpc) is 2.99. The molecular weight excluding hydrogens is 458 g/mol. The molecule has 0 radical (unpaired) electrons. The number of imide groups is 1. The average molecular weight is 478 g/mol. The monoisotopic (exact) mass is 477 g/mol. The van der Waals surface area contributed by atoms with Crippen molar-refractivity contribution in [1.29, 1.82) is 0 Å². The van der Waals surface area contributed by atoms with E-state index in [1.54, 1.807) is 31.2 Å². The van der Waals surface area contributed by atoms with E-state index in [9.17, 15) is 14.4 Å². The molecule has 6 nitrogen and oxygen atoms in total. The first kappa shape index (κ1) is 20.8. The Morgan fingerprint density at radius 2 is 1.71 bits per heavy atom. The van der Waals surface area contributed by atoms with E-state index in [0.29, 0.717) is 11.3 Å². The molecule has 7 heteroatoms. The maximum absolute atomic E-state index is 13.1. The maximum atomic E-state index is 13.1. The first-order valence-corrected chi connectivity index (χ1v) is 10.5. The van der Waals surface area contributed by atoms with Gasteiger partial charge in [-0.25, -0.2) is 4.79 Å². The van der Waals surface area contributed by atoms with E-state index in [1.807, 2.05) is 54.6 Å². The van der Waals surface area contributed by atoms with Gasteiger partial charge in [-0.3, -0.25) is 14.5 Å². The number of benzene rings is 3. The molecule has 3 aromatic carbocycles. The van der Waals surface area contributed by atoms with Gasteiger partial charge in [0.25, 0.3) is 5.91 Å². The zero-order chi connectivity index (χ0) is 22.0. The minimum atomic E-state index is -1.23. The van der Waals surface area contributed by atoms with Gasteiger partial charge in [0.2, 0.25) is 5.91 Å². The zero-order valence-corrected chi connectivity index (χ0v) is 18.3.